The third-order valence-corrected chi connectivity index (χ3v) is 10.3. The topological polar surface area (TPSA) is 43.6 Å². The first-order chi connectivity index (χ1) is 27.2. The number of fused-ring (bicyclic) bond motifs is 2. The zero-order valence-electron chi connectivity index (χ0n) is 29.9. The van der Waals surface area contributed by atoms with Gasteiger partial charge in [-0.2, -0.15) is 0 Å². The van der Waals surface area contributed by atoms with E-state index in [0.717, 1.165) is 61.5 Å². The molecule has 0 saturated carbocycles. The van der Waals surface area contributed by atoms with Crippen LogP contribution in [-0.4, -0.2) is 19.5 Å². The van der Waals surface area contributed by atoms with E-state index in [-0.39, 0.29) is 0 Å². The van der Waals surface area contributed by atoms with Crippen molar-refractivity contribution in [1.29, 1.82) is 0 Å². The SMILES string of the molecule is c1ccc(-c2cc(-c3ccc(-c4cccc5ccc(-c6ccc(-c7ccc8c(c7)ncn8-c7ccccc7)cc6)cc45)cc3)nc(-c3ccccc3)n2)cc1. The van der Waals surface area contributed by atoms with Crippen LogP contribution in [-0.2, 0) is 0 Å². The fourth-order valence-corrected chi connectivity index (χ4v) is 7.43. The summed E-state index contributed by atoms with van der Waals surface area (Å²) in [5.41, 5.74) is 15.1. The molecule has 258 valence electrons. The molecule has 0 aliphatic rings. The van der Waals surface area contributed by atoms with Crippen LogP contribution in [0.3, 0.4) is 0 Å². The van der Waals surface area contributed by atoms with Crippen molar-refractivity contribution in [3.05, 3.63) is 207 Å². The summed E-state index contributed by atoms with van der Waals surface area (Å²) in [5.74, 6) is 0.715. The van der Waals surface area contributed by atoms with E-state index in [2.05, 4.69) is 162 Å². The second-order valence-corrected chi connectivity index (χ2v) is 13.7. The van der Waals surface area contributed by atoms with Crippen molar-refractivity contribution < 1.29 is 0 Å². The lowest BCUT2D eigenvalue weighted by Gasteiger charge is -2.12. The molecule has 10 rings (SSSR count). The molecule has 0 atom stereocenters. The molecule has 0 aliphatic carbocycles. The number of imidazole rings is 1. The number of benzene rings is 8. The Balaban J connectivity index is 0.952. The van der Waals surface area contributed by atoms with E-state index in [0.29, 0.717) is 5.82 Å². The molecule has 8 aromatic carbocycles. The fourth-order valence-electron chi connectivity index (χ4n) is 7.43. The Hall–Kier alpha value is -7.43. The Kier molecular flexibility index (Phi) is 8.12. The van der Waals surface area contributed by atoms with Crippen molar-refractivity contribution in [3.63, 3.8) is 0 Å². The summed E-state index contributed by atoms with van der Waals surface area (Å²) in [6, 6.07) is 70.3. The quantitative estimate of drug-likeness (QED) is 0.166. The van der Waals surface area contributed by atoms with Gasteiger partial charge in [-0.3, -0.25) is 4.57 Å². The maximum Gasteiger partial charge on any atom is 0.160 e. The predicted octanol–water partition coefficient (Wildman–Crippen LogP) is 13.0. The maximum absolute atomic E-state index is 5.03. The molecule has 0 unspecified atom stereocenters. The summed E-state index contributed by atoms with van der Waals surface area (Å²) >= 11 is 0. The largest absolute Gasteiger partial charge is 0.299 e. The van der Waals surface area contributed by atoms with Gasteiger partial charge in [-0.1, -0.05) is 164 Å². The first-order valence-corrected chi connectivity index (χ1v) is 18.5. The first kappa shape index (κ1) is 32.2. The second kappa shape index (κ2) is 13.8. The van der Waals surface area contributed by atoms with Crippen LogP contribution in [0.15, 0.2) is 207 Å². The van der Waals surface area contributed by atoms with Crippen molar-refractivity contribution in [2.24, 2.45) is 0 Å². The second-order valence-electron chi connectivity index (χ2n) is 13.7. The molecule has 4 heteroatoms. The van der Waals surface area contributed by atoms with Crippen LogP contribution in [0.1, 0.15) is 0 Å². The molecule has 0 bridgehead atoms. The van der Waals surface area contributed by atoms with Crippen LogP contribution < -0.4 is 0 Å². The summed E-state index contributed by atoms with van der Waals surface area (Å²) in [7, 11) is 0. The average Bonchev–Trinajstić information content (AvgIpc) is 3.70. The van der Waals surface area contributed by atoms with Crippen molar-refractivity contribution in [2.45, 2.75) is 0 Å². The number of para-hydroxylation sites is 1. The smallest absolute Gasteiger partial charge is 0.160 e. The summed E-state index contributed by atoms with van der Waals surface area (Å²) in [5, 5.41) is 2.43. The molecule has 0 N–H and O–H groups in total. The lowest BCUT2D eigenvalue weighted by Crippen LogP contribution is -1.95. The van der Waals surface area contributed by atoms with Gasteiger partial charge < -0.3 is 0 Å². The molecule has 0 amide bonds. The molecule has 10 aromatic rings. The Bertz CT molecular complexity index is 2880. The lowest BCUT2D eigenvalue weighted by atomic mass is 9.93. The van der Waals surface area contributed by atoms with Crippen LogP contribution >= 0.6 is 0 Å². The van der Waals surface area contributed by atoms with Crippen molar-refractivity contribution in [1.82, 2.24) is 19.5 Å². The molecule has 0 radical (unpaired) electrons. The van der Waals surface area contributed by atoms with Gasteiger partial charge in [0.1, 0.15) is 6.33 Å². The van der Waals surface area contributed by atoms with Gasteiger partial charge >= 0.3 is 0 Å². The average molecular weight is 703 g/mol. The molecule has 55 heavy (non-hydrogen) atoms. The van der Waals surface area contributed by atoms with Gasteiger partial charge in [0.15, 0.2) is 5.82 Å². The molecule has 0 fully saturated rings. The van der Waals surface area contributed by atoms with E-state index in [1.54, 1.807) is 0 Å². The zero-order chi connectivity index (χ0) is 36.6. The molecule has 0 saturated heterocycles. The van der Waals surface area contributed by atoms with Crippen molar-refractivity contribution in [3.8, 4) is 73.0 Å². The Morgan fingerprint density at radius 1 is 0.364 bits per heavy atom. The van der Waals surface area contributed by atoms with Crippen molar-refractivity contribution in [2.75, 3.05) is 0 Å². The minimum Gasteiger partial charge on any atom is -0.299 e. The van der Waals surface area contributed by atoms with E-state index < -0.39 is 0 Å². The first-order valence-electron chi connectivity index (χ1n) is 18.5. The van der Waals surface area contributed by atoms with Gasteiger partial charge in [0.25, 0.3) is 0 Å². The normalized spacial score (nSPS) is 11.3. The molecule has 4 nitrogen and oxygen atoms in total. The zero-order valence-corrected chi connectivity index (χ0v) is 29.9. The van der Waals surface area contributed by atoms with Crippen LogP contribution in [0.4, 0.5) is 0 Å². The van der Waals surface area contributed by atoms with E-state index in [4.69, 9.17) is 15.0 Å². The highest BCUT2D eigenvalue weighted by molar-refractivity contribution is 5.99. The minimum atomic E-state index is 0.715. The Morgan fingerprint density at radius 2 is 0.909 bits per heavy atom. The van der Waals surface area contributed by atoms with Gasteiger partial charge in [0, 0.05) is 22.4 Å². The predicted molar refractivity (Wildman–Crippen MR) is 227 cm³/mol. The van der Waals surface area contributed by atoms with Crippen LogP contribution in [0, 0.1) is 0 Å². The number of nitrogens with zero attached hydrogens (tertiary/aromatic N) is 4. The lowest BCUT2D eigenvalue weighted by molar-refractivity contribution is 1.09. The molecular weight excluding hydrogens is 669 g/mol. The van der Waals surface area contributed by atoms with Gasteiger partial charge in [0.05, 0.1) is 22.4 Å². The molecule has 2 aromatic heterocycles. The summed E-state index contributed by atoms with van der Waals surface area (Å²) in [6.45, 7) is 0. The standard InChI is InChI=1S/C51H34N4/c1-4-11-39(12-5-1)47-33-48(54-51(53-47)41-13-6-2-7-14-41)40-26-23-38(24-27-40)45-18-10-15-37-25-28-42(31-46(37)45)35-19-21-36(22-20-35)43-29-30-50-49(32-43)52-34-55(50)44-16-8-3-9-17-44/h1-34H. The third-order valence-electron chi connectivity index (χ3n) is 10.3. The van der Waals surface area contributed by atoms with Crippen LogP contribution in [0.2, 0.25) is 0 Å². The molecule has 2 heterocycles. The number of rotatable bonds is 7. The van der Waals surface area contributed by atoms with Crippen LogP contribution in [0.5, 0.6) is 0 Å². The minimum absolute atomic E-state index is 0.715. The molecule has 0 aliphatic heterocycles. The third kappa shape index (κ3) is 6.26. The maximum atomic E-state index is 5.03. The van der Waals surface area contributed by atoms with Gasteiger partial charge in [0.2, 0.25) is 0 Å². The summed E-state index contributed by atoms with van der Waals surface area (Å²) in [4.78, 5) is 14.7. The van der Waals surface area contributed by atoms with E-state index in [1.807, 2.05) is 48.8 Å². The number of aromatic nitrogens is 4. The Morgan fingerprint density at radius 3 is 1.60 bits per heavy atom. The fraction of sp³-hybridized carbons (Fsp3) is 0. The van der Waals surface area contributed by atoms with E-state index in [9.17, 15) is 0 Å². The Labute approximate surface area is 319 Å². The highest BCUT2D eigenvalue weighted by Crippen LogP contribution is 2.35. The number of hydrogen-bond donors (Lipinski definition) is 0. The van der Waals surface area contributed by atoms with Crippen molar-refractivity contribution >= 4 is 21.8 Å². The van der Waals surface area contributed by atoms with E-state index in [1.165, 1.54) is 27.5 Å². The number of hydrogen-bond acceptors (Lipinski definition) is 3. The molecule has 0 spiro atoms. The highest BCUT2D eigenvalue weighted by atomic mass is 15.0. The molecular formula is C51H34N4. The van der Waals surface area contributed by atoms with Gasteiger partial charge in [-0.15, -0.1) is 0 Å². The monoisotopic (exact) mass is 702 g/mol. The summed E-state index contributed by atoms with van der Waals surface area (Å²) < 4.78 is 2.13. The van der Waals surface area contributed by atoms with Crippen LogP contribution in [0.25, 0.3) is 94.8 Å². The summed E-state index contributed by atoms with van der Waals surface area (Å²) in [6.07, 6.45) is 1.90. The van der Waals surface area contributed by atoms with Gasteiger partial charge in [-0.25, -0.2) is 15.0 Å². The van der Waals surface area contributed by atoms with Gasteiger partial charge in [-0.05, 0) is 80.6 Å². The highest BCUT2D eigenvalue weighted by Gasteiger charge is 2.13. The van der Waals surface area contributed by atoms with E-state index >= 15 is 0 Å².